The van der Waals surface area contributed by atoms with E-state index in [2.05, 4.69) is 20.9 Å². The fourth-order valence-corrected chi connectivity index (χ4v) is 2.95. The number of ether oxygens (including phenoxy) is 1. The van der Waals surface area contributed by atoms with Crippen molar-refractivity contribution >= 4 is 44.4 Å². The molecule has 0 N–H and O–H groups in total. The minimum absolute atomic E-state index is 0.0000890. The largest absolute Gasteiger partial charge is 0.461 e. The molecule has 0 unspecified atom stereocenters. The molecule has 0 aliphatic rings. The normalized spacial score (nSPS) is 10.9. The molecule has 3 rings (SSSR count). The molecule has 8 heteroatoms. The third-order valence-corrected chi connectivity index (χ3v) is 4.59. The molecule has 0 saturated carbocycles. The monoisotopic (exact) mass is 438 g/mol. The molecule has 5 nitrogen and oxygen atoms in total. The second kappa shape index (κ2) is 7.97. The van der Waals surface area contributed by atoms with Gasteiger partial charge in [0.2, 0.25) is 0 Å². The van der Waals surface area contributed by atoms with Gasteiger partial charge in [0, 0.05) is 16.6 Å². The van der Waals surface area contributed by atoms with Crippen LogP contribution in [0.3, 0.4) is 0 Å². The van der Waals surface area contributed by atoms with Crippen molar-refractivity contribution in [1.29, 1.82) is 0 Å². The number of hydrogen-bond donors (Lipinski definition) is 0. The van der Waals surface area contributed by atoms with E-state index in [-0.39, 0.29) is 30.2 Å². The van der Waals surface area contributed by atoms with Crippen LogP contribution < -0.4 is 5.56 Å². The van der Waals surface area contributed by atoms with Gasteiger partial charge in [0.05, 0.1) is 28.7 Å². The Morgan fingerprint density at radius 3 is 2.85 bits per heavy atom. The number of carbonyl (C=O) groups excluding carboxylic acids is 1. The number of nitrogens with zero attached hydrogens (tertiary/aromatic N) is 2. The summed E-state index contributed by atoms with van der Waals surface area (Å²) in [5.41, 5.74) is 0.865. The molecule has 0 saturated heterocycles. The number of halogens is 3. The van der Waals surface area contributed by atoms with Gasteiger partial charge in [-0.1, -0.05) is 33.6 Å². The zero-order valence-electron chi connectivity index (χ0n) is 13.4. The van der Waals surface area contributed by atoms with E-state index in [0.717, 1.165) is 10.5 Å². The molecule has 0 fully saturated rings. The lowest BCUT2D eigenvalue weighted by Gasteiger charge is -2.08. The Labute approximate surface area is 161 Å². The average molecular weight is 440 g/mol. The maximum Gasteiger partial charge on any atom is 0.307 e. The Morgan fingerprint density at radius 2 is 2.08 bits per heavy atom. The summed E-state index contributed by atoms with van der Waals surface area (Å²) in [6.45, 7) is 0.0834. The summed E-state index contributed by atoms with van der Waals surface area (Å²) < 4.78 is 20.3. The van der Waals surface area contributed by atoms with Crippen LogP contribution in [0.5, 0.6) is 0 Å². The number of benzene rings is 2. The van der Waals surface area contributed by atoms with Gasteiger partial charge < -0.3 is 4.74 Å². The van der Waals surface area contributed by atoms with E-state index in [4.69, 9.17) is 16.3 Å². The predicted octanol–water partition coefficient (Wildman–Crippen LogP) is 4.09. The molecule has 0 atom stereocenters. The van der Waals surface area contributed by atoms with Gasteiger partial charge >= 0.3 is 5.97 Å². The van der Waals surface area contributed by atoms with E-state index in [9.17, 15) is 14.0 Å². The van der Waals surface area contributed by atoms with Crippen LogP contribution in [0.25, 0.3) is 10.9 Å². The number of aryl methyl sites for hydroxylation is 1. The van der Waals surface area contributed by atoms with Crippen LogP contribution in [-0.4, -0.2) is 15.5 Å². The van der Waals surface area contributed by atoms with Crippen LogP contribution in [0.4, 0.5) is 4.39 Å². The molecule has 1 aromatic heterocycles. The van der Waals surface area contributed by atoms with Crippen molar-refractivity contribution in [2.75, 3.05) is 0 Å². The smallest absolute Gasteiger partial charge is 0.307 e. The fourth-order valence-electron chi connectivity index (χ4n) is 2.37. The number of carbonyl (C=O) groups is 1. The van der Waals surface area contributed by atoms with Crippen molar-refractivity contribution in [2.45, 2.75) is 19.6 Å². The molecule has 0 aliphatic heterocycles. The molecule has 2 aromatic carbocycles. The number of fused-ring (bicyclic) bond motifs is 1. The summed E-state index contributed by atoms with van der Waals surface area (Å²) in [5, 5.41) is 0.659. The van der Waals surface area contributed by atoms with Gasteiger partial charge in [0.15, 0.2) is 0 Å². The Kier molecular flexibility index (Phi) is 5.68. The highest BCUT2D eigenvalue weighted by Gasteiger charge is 2.10. The highest BCUT2D eigenvalue weighted by atomic mass is 79.9. The summed E-state index contributed by atoms with van der Waals surface area (Å²) >= 11 is 9.21. The lowest BCUT2D eigenvalue weighted by Crippen LogP contribution is -2.22. The van der Waals surface area contributed by atoms with Gasteiger partial charge in [-0.3, -0.25) is 14.2 Å². The predicted molar refractivity (Wildman–Crippen MR) is 99.5 cm³/mol. The van der Waals surface area contributed by atoms with Gasteiger partial charge in [-0.15, -0.1) is 0 Å². The van der Waals surface area contributed by atoms with Crippen molar-refractivity contribution in [2.24, 2.45) is 0 Å². The number of aromatic nitrogens is 2. The zero-order chi connectivity index (χ0) is 18.7. The van der Waals surface area contributed by atoms with E-state index < -0.39 is 11.8 Å². The van der Waals surface area contributed by atoms with Crippen LogP contribution in [0.1, 0.15) is 12.0 Å². The molecule has 134 valence electrons. The van der Waals surface area contributed by atoms with Crippen molar-refractivity contribution in [1.82, 2.24) is 9.55 Å². The standard InChI is InChI=1S/C18H13BrClFN2O3/c19-12-2-4-16-14(7-12)18(25)23(10-22-16)6-5-17(24)26-9-11-1-3-13(21)8-15(11)20/h1-4,7-8,10H,5-6,9H2. The molecule has 0 bridgehead atoms. The lowest BCUT2D eigenvalue weighted by molar-refractivity contribution is -0.145. The van der Waals surface area contributed by atoms with E-state index >= 15 is 0 Å². The van der Waals surface area contributed by atoms with Crippen LogP contribution >= 0.6 is 27.5 Å². The second-order valence-electron chi connectivity index (χ2n) is 5.55. The highest BCUT2D eigenvalue weighted by molar-refractivity contribution is 9.10. The SMILES string of the molecule is O=C(CCn1cnc2ccc(Br)cc2c1=O)OCc1ccc(F)cc1Cl. The van der Waals surface area contributed by atoms with E-state index in [0.29, 0.717) is 16.5 Å². The van der Waals surface area contributed by atoms with Crippen molar-refractivity contribution < 1.29 is 13.9 Å². The molecule has 1 heterocycles. The topological polar surface area (TPSA) is 61.2 Å². The first-order valence-electron chi connectivity index (χ1n) is 7.68. The van der Waals surface area contributed by atoms with Crippen LogP contribution in [0, 0.1) is 5.82 Å². The summed E-state index contributed by atoms with van der Waals surface area (Å²) in [6.07, 6.45) is 1.41. The maximum atomic E-state index is 13.0. The van der Waals surface area contributed by atoms with Crippen LogP contribution in [0.15, 0.2) is 52.0 Å². The van der Waals surface area contributed by atoms with Gasteiger partial charge in [0.1, 0.15) is 12.4 Å². The van der Waals surface area contributed by atoms with Gasteiger partial charge in [-0.2, -0.15) is 0 Å². The first kappa shape index (κ1) is 18.5. The summed E-state index contributed by atoms with van der Waals surface area (Å²) in [5.74, 6) is -0.952. The van der Waals surface area contributed by atoms with E-state index in [1.807, 2.05) is 0 Å². The Morgan fingerprint density at radius 1 is 1.27 bits per heavy atom. The number of hydrogen-bond acceptors (Lipinski definition) is 4. The molecule has 0 spiro atoms. The molecule has 0 aliphatic carbocycles. The minimum Gasteiger partial charge on any atom is -0.461 e. The Balaban J connectivity index is 1.63. The fraction of sp³-hybridized carbons (Fsp3) is 0.167. The summed E-state index contributed by atoms with van der Waals surface area (Å²) in [6, 6.07) is 9.09. The van der Waals surface area contributed by atoms with Crippen molar-refractivity contribution in [3.05, 3.63) is 74.0 Å². The lowest BCUT2D eigenvalue weighted by atomic mass is 10.2. The summed E-state index contributed by atoms with van der Waals surface area (Å²) in [4.78, 5) is 28.6. The van der Waals surface area contributed by atoms with E-state index in [1.165, 1.54) is 23.0 Å². The van der Waals surface area contributed by atoms with Crippen molar-refractivity contribution in [3.8, 4) is 0 Å². The van der Waals surface area contributed by atoms with Crippen LogP contribution in [0.2, 0.25) is 5.02 Å². The zero-order valence-corrected chi connectivity index (χ0v) is 15.8. The van der Waals surface area contributed by atoms with Gasteiger partial charge in [0.25, 0.3) is 5.56 Å². The molecule has 0 amide bonds. The molecule has 26 heavy (non-hydrogen) atoms. The molecular weight excluding hydrogens is 427 g/mol. The third-order valence-electron chi connectivity index (χ3n) is 3.75. The molecule has 0 radical (unpaired) electrons. The number of rotatable bonds is 5. The molecule has 3 aromatic rings. The van der Waals surface area contributed by atoms with Gasteiger partial charge in [-0.05, 0) is 30.3 Å². The Hall–Kier alpha value is -2.25. The first-order chi connectivity index (χ1) is 12.4. The highest BCUT2D eigenvalue weighted by Crippen LogP contribution is 2.18. The van der Waals surface area contributed by atoms with Gasteiger partial charge in [-0.25, -0.2) is 9.37 Å². The third kappa shape index (κ3) is 4.28. The maximum absolute atomic E-state index is 13.0. The van der Waals surface area contributed by atoms with Crippen molar-refractivity contribution in [3.63, 3.8) is 0 Å². The first-order valence-corrected chi connectivity index (χ1v) is 8.85. The number of esters is 1. The van der Waals surface area contributed by atoms with E-state index in [1.54, 1.807) is 18.2 Å². The average Bonchev–Trinajstić information content (AvgIpc) is 2.61. The quantitative estimate of drug-likeness (QED) is 0.562. The minimum atomic E-state index is -0.494. The Bertz CT molecular complexity index is 1040. The molecular formula is C18H13BrClFN2O3. The summed E-state index contributed by atoms with van der Waals surface area (Å²) in [7, 11) is 0. The van der Waals surface area contributed by atoms with Crippen LogP contribution in [-0.2, 0) is 22.7 Å². The second-order valence-corrected chi connectivity index (χ2v) is 6.87.